The Morgan fingerprint density at radius 3 is 2.67 bits per heavy atom. The van der Waals surface area contributed by atoms with Crippen molar-refractivity contribution in [3.8, 4) is 0 Å². The molecule has 1 amide bonds. The Morgan fingerprint density at radius 2 is 1.89 bits per heavy atom. The van der Waals surface area contributed by atoms with E-state index in [1.165, 1.54) is 37.7 Å². The third-order valence-electron chi connectivity index (χ3n) is 5.70. The lowest BCUT2D eigenvalue weighted by Gasteiger charge is -2.24. The monoisotopic (exact) mass is 389 g/mol. The van der Waals surface area contributed by atoms with Crippen LogP contribution < -0.4 is 10.6 Å². The molecule has 1 aliphatic heterocycles. The summed E-state index contributed by atoms with van der Waals surface area (Å²) in [6.45, 7) is 0.448. The predicted molar refractivity (Wildman–Crippen MR) is 107 cm³/mol. The minimum absolute atomic E-state index is 0. The van der Waals surface area contributed by atoms with Crippen LogP contribution in [0.2, 0.25) is 0 Å². The standard InChI is InChI=1S/C20H27N5O.ClH/c26-20(18-12-11-17(23-18)15-7-3-1-4-8-15)21-13-19-24-22-14-25(19)16-9-5-2-6-10-16;/h1,3-4,7-8,14,16-18,23H,2,5-6,9-13H2,(H,21,26);1H/t17-,18-;/m1./s1. The number of benzene rings is 1. The molecule has 2 aliphatic rings. The van der Waals surface area contributed by atoms with Crippen molar-refractivity contribution in [3.63, 3.8) is 0 Å². The highest BCUT2D eigenvalue weighted by atomic mass is 35.5. The summed E-state index contributed by atoms with van der Waals surface area (Å²) in [4.78, 5) is 12.6. The van der Waals surface area contributed by atoms with Crippen LogP contribution in [0.3, 0.4) is 0 Å². The predicted octanol–water partition coefficient (Wildman–Crippen LogP) is 3.31. The van der Waals surface area contributed by atoms with E-state index in [1.807, 2.05) is 24.5 Å². The van der Waals surface area contributed by atoms with Crippen LogP contribution in [0.1, 0.15) is 68.4 Å². The van der Waals surface area contributed by atoms with E-state index in [0.29, 0.717) is 12.6 Å². The largest absolute Gasteiger partial charge is 0.347 e. The highest BCUT2D eigenvalue weighted by Gasteiger charge is 2.30. The maximum absolute atomic E-state index is 12.6. The molecule has 0 unspecified atom stereocenters. The van der Waals surface area contributed by atoms with Gasteiger partial charge in [0.1, 0.15) is 6.33 Å². The number of hydrogen-bond donors (Lipinski definition) is 2. The minimum atomic E-state index is -0.133. The van der Waals surface area contributed by atoms with E-state index in [4.69, 9.17) is 0 Å². The number of hydrogen-bond acceptors (Lipinski definition) is 4. The summed E-state index contributed by atoms with van der Waals surface area (Å²) in [7, 11) is 0. The molecule has 2 atom stereocenters. The van der Waals surface area contributed by atoms with Crippen LogP contribution in [0.4, 0.5) is 0 Å². The van der Waals surface area contributed by atoms with Crippen LogP contribution in [0.15, 0.2) is 36.7 Å². The summed E-state index contributed by atoms with van der Waals surface area (Å²) >= 11 is 0. The fourth-order valence-corrected chi connectivity index (χ4v) is 4.24. The van der Waals surface area contributed by atoms with Gasteiger partial charge in [-0.05, 0) is 31.2 Å². The highest BCUT2D eigenvalue weighted by molar-refractivity contribution is 5.85. The number of rotatable bonds is 5. The maximum atomic E-state index is 12.6. The van der Waals surface area contributed by atoms with Crippen LogP contribution in [-0.4, -0.2) is 26.7 Å². The Bertz CT molecular complexity index is 729. The quantitative estimate of drug-likeness (QED) is 0.822. The van der Waals surface area contributed by atoms with Gasteiger partial charge in [-0.3, -0.25) is 10.1 Å². The first-order valence-electron chi connectivity index (χ1n) is 9.78. The van der Waals surface area contributed by atoms with Gasteiger partial charge in [0.2, 0.25) is 5.91 Å². The van der Waals surface area contributed by atoms with Crippen LogP contribution in [0, 0.1) is 0 Å². The summed E-state index contributed by atoms with van der Waals surface area (Å²) in [6, 6.07) is 11.0. The first kappa shape index (κ1) is 19.8. The molecule has 0 bridgehead atoms. The second-order valence-corrected chi connectivity index (χ2v) is 7.42. The molecule has 2 aromatic rings. The van der Waals surface area contributed by atoms with E-state index < -0.39 is 0 Å². The second-order valence-electron chi connectivity index (χ2n) is 7.42. The average Bonchev–Trinajstić information content (AvgIpc) is 3.37. The van der Waals surface area contributed by atoms with Crippen molar-refractivity contribution in [1.29, 1.82) is 0 Å². The summed E-state index contributed by atoms with van der Waals surface area (Å²) in [5, 5.41) is 14.8. The molecule has 27 heavy (non-hydrogen) atoms. The van der Waals surface area contributed by atoms with Gasteiger partial charge >= 0.3 is 0 Å². The Balaban J connectivity index is 0.00000210. The van der Waals surface area contributed by atoms with E-state index in [1.54, 1.807) is 0 Å². The van der Waals surface area contributed by atoms with Crippen molar-refractivity contribution in [3.05, 3.63) is 48.0 Å². The molecule has 4 rings (SSSR count). The summed E-state index contributed by atoms with van der Waals surface area (Å²) in [6.07, 6.45) is 9.88. The first-order valence-corrected chi connectivity index (χ1v) is 9.78. The lowest BCUT2D eigenvalue weighted by Crippen LogP contribution is -2.41. The zero-order chi connectivity index (χ0) is 17.8. The van der Waals surface area contributed by atoms with Gasteiger partial charge in [-0.2, -0.15) is 0 Å². The van der Waals surface area contributed by atoms with Crippen LogP contribution in [-0.2, 0) is 11.3 Å². The number of carbonyl (C=O) groups excluding carboxylic acids is 1. The Hall–Kier alpha value is -1.92. The van der Waals surface area contributed by atoms with Crippen LogP contribution in [0.5, 0.6) is 0 Å². The minimum Gasteiger partial charge on any atom is -0.347 e. The number of nitrogens with zero attached hydrogens (tertiary/aromatic N) is 3. The molecular weight excluding hydrogens is 362 g/mol. The number of carbonyl (C=O) groups is 1. The van der Waals surface area contributed by atoms with Crippen molar-refractivity contribution in [1.82, 2.24) is 25.4 Å². The number of aromatic nitrogens is 3. The molecule has 0 radical (unpaired) electrons. The molecule has 6 nitrogen and oxygen atoms in total. The first-order chi connectivity index (χ1) is 12.8. The molecule has 1 aromatic heterocycles. The topological polar surface area (TPSA) is 71.8 Å². The maximum Gasteiger partial charge on any atom is 0.237 e. The zero-order valence-corrected chi connectivity index (χ0v) is 16.3. The Kier molecular flexibility index (Phi) is 6.85. The zero-order valence-electron chi connectivity index (χ0n) is 15.5. The second kappa shape index (κ2) is 9.33. The average molecular weight is 390 g/mol. The molecule has 2 fully saturated rings. The SMILES string of the molecule is Cl.O=C(NCc1nncn1C1CCCCC1)[C@H]1CC[C@H](c2ccccc2)N1. The molecule has 2 heterocycles. The number of halogens is 1. The van der Waals surface area contributed by atoms with E-state index in [9.17, 15) is 4.79 Å². The van der Waals surface area contributed by atoms with E-state index in [2.05, 4.69) is 37.5 Å². The number of nitrogens with one attached hydrogen (secondary N) is 2. The molecule has 1 aliphatic carbocycles. The highest BCUT2D eigenvalue weighted by Crippen LogP contribution is 2.29. The van der Waals surface area contributed by atoms with E-state index >= 15 is 0 Å². The number of amides is 1. The molecule has 1 saturated heterocycles. The van der Waals surface area contributed by atoms with Gasteiger partial charge in [-0.25, -0.2) is 0 Å². The lowest BCUT2D eigenvalue weighted by molar-refractivity contribution is -0.123. The van der Waals surface area contributed by atoms with Gasteiger partial charge in [0.15, 0.2) is 5.82 Å². The van der Waals surface area contributed by atoms with Crippen molar-refractivity contribution in [2.24, 2.45) is 0 Å². The summed E-state index contributed by atoms with van der Waals surface area (Å²) in [5.74, 6) is 0.921. The van der Waals surface area contributed by atoms with E-state index in [0.717, 1.165) is 18.7 Å². The van der Waals surface area contributed by atoms with Crippen molar-refractivity contribution >= 4 is 18.3 Å². The van der Waals surface area contributed by atoms with Crippen molar-refractivity contribution in [2.45, 2.75) is 69.6 Å². The van der Waals surface area contributed by atoms with Crippen molar-refractivity contribution in [2.75, 3.05) is 0 Å². The fraction of sp³-hybridized carbons (Fsp3) is 0.550. The van der Waals surface area contributed by atoms with Gasteiger partial charge in [0, 0.05) is 12.1 Å². The fourth-order valence-electron chi connectivity index (χ4n) is 4.24. The summed E-state index contributed by atoms with van der Waals surface area (Å²) < 4.78 is 2.16. The normalized spacial score (nSPS) is 23.0. The summed E-state index contributed by atoms with van der Waals surface area (Å²) in [5.41, 5.74) is 1.25. The van der Waals surface area contributed by atoms with Gasteiger partial charge in [-0.1, -0.05) is 49.6 Å². The molecule has 1 aromatic carbocycles. The van der Waals surface area contributed by atoms with Gasteiger partial charge in [0.05, 0.1) is 12.6 Å². The molecule has 2 N–H and O–H groups in total. The van der Waals surface area contributed by atoms with Crippen LogP contribution >= 0.6 is 12.4 Å². The van der Waals surface area contributed by atoms with Gasteiger partial charge in [0.25, 0.3) is 0 Å². The van der Waals surface area contributed by atoms with Crippen molar-refractivity contribution < 1.29 is 4.79 Å². The molecule has 7 heteroatoms. The smallest absolute Gasteiger partial charge is 0.237 e. The molecule has 0 spiro atoms. The third-order valence-corrected chi connectivity index (χ3v) is 5.70. The van der Waals surface area contributed by atoms with Crippen LogP contribution in [0.25, 0.3) is 0 Å². The van der Waals surface area contributed by atoms with E-state index in [-0.39, 0.29) is 30.4 Å². The molecule has 146 valence electrons. The Morgan fingerprint density at radius 1 is 1.11 bits per heavy atom. The van der Waals surface area contributed by atoms with Gasteiger partial charge in [-0.15, -0.1) is 22.6 Å². The molecule has 1 saturated carbocycles. The van der Waals surface area contributed by atoms with Gasteiger partial charge < -0.3 is 9.88 Å². The Labute approximate surface area is 166 Å². The lowest BCUT2D eigenvalue weighted by atomic mass is 9.95. The third kappa shape index (κ3) is 4.68. The molecular formula is C20H28ClN5O.